The molecule has 0 aliphatic heterocycles. The van der Waals surface area contributed by atoms with Crippen molar-refractivity contribution in [1.29, 1.82) is 0 Å². The average molecular weight is 263 g/mol. The Balaban J connectivity index is 2.33. The van der Waals surface area contributed by atoms with Gasteiger partial charge in [-0.3, -0.25) is 0 Å². The number of methoxy groups -OCH3 is 1. The summed E-state index contributed by atoms with van der Waals surface area (Å²) in [5.41, 5.74) is 2.65. The van der Waals surface area contributed by atoms with Gasteiger partial charge in [-0.1, -0.05) is 32.9 Å². The van der Waals surface area contributed by atoms with Gasteiger partial charge >= 0.3 is 0 Å². The van der Waals surface area contributed by atoms with E-state index < -0.39 is 0 Å². The van der Waals surface area contributed by atoms with Gasteiger partial charge in [-0.25, -0.2) is 0 Å². The summed E-state index contributed by atoms with van der Waals surface area (Å²) in [5, 5.41) is 3.48. The van der Waals surface area contributed by atoms with Crippen LogP contribution >= 0.6 is 0 Å². The van der Waals surface area contributed by atoms with Crippen LogP contribution in [0.4, 0.5) is 0 Å². The van der Waals surface area contributed by atoms with Gasteiger partial charge in [0.05, 0.1) is 7.11 Å². The highest BCUT2D eigenvalue weighted by molar-refractivity contribution is 5.36. The number of ether oxygens (including phenoxy) is 1. The monoisotopic (exact) mass is 263 g/mol. The lowest BCUT2D eigenvalue weighted by atomic mass is 9.97. The van der Waals surface area contributed by atoms with Gasteiger partial charge in [-0.05, 0) is 55.8 Å². The second-order valence-corrected chi connectivity index (χ2v) is 5.85. The van der Waals surface area contributed by atoms with Crippen LogP contribution in [0.5, 0.6) is 5.75 Å². The van der Waals surface area contributed by atoms with E-state index in [2.05, 4.69) is 51.2 Å². The van der Waals surface area contributed by atoms with Gasteiger partial charge < -0.3 is 10.1 Å². The first-order chi connectivity index (χ1) is 9.02. The molecule has 19 heavy (non-hydrogen) atoms. The Hall–Kier alpha value is -1.02. The third kappa shape index (κ3) is 6.11. The van der Waals surface area contributed by atoms with Crippen LogP contribution < -0.4 is 10.1 Å². The Morgan fingerprint density at radius 1 is 1.16 bits per heavy atom. The standard InChI is InChI=1S/C17H29NO/c1-13(2)18-11-10-14(3)6-7-16-8-9-17(19-5)15(4)12-16/h8-9,12-14,18H,6-7,10-11H2,1-5H3. The maximum absolute atomic E-state index is 5.29. The molecule has 0 heterocycles. The van der Waals surface area contributed by atoms with E-state index in [1.807, 2.05) is 0 Å². The minimum atomic E-state index is 0.594. The van der Waals surface area contributed by atoms with E-state index in [1.165, 1.54) is 24.0 Å². The van der Waals surface area contributed by atoms with Crippen molar-refractivity contribution in [2.45, 2.75) is 53.0 Å². The predicted molar refractivity (Wildman–Crippen MR) is 83.0 cm³/mol. The van der Waals surface area contributed by atoms with Crippen molar-refractivity contribution in [2.75, 3.05) is 13.7 Å². The smallest absolute Gasteiger partial charge is 0.121 e. The van der Waals surface area contributed by atoms with Gasteiger partial charge in [0, 0.05) is 6.04 Å². The van der Waals surface area contributed by atoms with Gasteiger partial charge in [0.1, 0.15) is 5.75 Å². The number of hydrogen-bond donors (Lipinski definition) is 1. The van der Waals surface area contributed by atoms with E-state index >= 15 is 0 Å². The van der Waals surface area contributed by atoms with Crippen LogP contribution in [0.25, 0.3) is 0 Å². The normalized spacial score (nSPS) is 12.7. The zero-order valence-corrected chi connectivity index (χ0v) is 13.1. The first kappa shape index (κ1) is 16.0. The summed E-state index contributed by atoms with van der Waals surface area (Å²) in [6.07, 6.45) is 3.67. The van der Waals surface area contributed by atoms with Crippen LogP contribution in [0, 0.1) is 12.8 Å². The predicted octanol–water partition coefficient (Wildman–Crippen LogP) is 3.96. The molecule has 0 radical (unpaired) electrons. The second-order valence-electron chi connectivity index (χ2n) is 5.85. The number of rotatable bonds is 8. The van der Waals surface area contributed by atoms with Crippen molar-refractivity contribution >= 4 is 0 Å². The van der Waals surface area contributed by atoms with Gasteiger partial charge in [0.2, 0.25) is 0 Å². The van der Waals surface area contributed by atoms with Crippen LogP contribution in [0.15, 0.2) is 18.2 Å². The molecule has 0 saturated heterocycles. The summed E-state index contributed by atoms with van der Waals surface area (Å²) >= 11 is 0. The van der Waals surface area contributed by atoms with E-state index in [4.69, 9.17) is 4.74 Å². The number of hydrogen-bond acceptors (Lipinski definition) is 2. The summed E-state index contributed by atoms with van der Waals surface area (Å²) in [6, 6.07) is 7.11. The Morgan fingerprint density at radius 3 is 2.47 bits per heavy atom. The first-order valence-electron chi connectivity index (χ1n) is 7.39. The van der Waals surface area contributed by atoms with Crippen molar-refractivity contribution in [3.63, 3.8) is 0 Å². The molecular formula is C17H29NO. The lowest BCUT2D eigenvalue weighted by Gasteiger charge is -2.14. The molecule has 2 nitrogen and oxygen atoms in total. The molecular weight excluding hydrogens is 234 g/mol. The molecule has 1 aromatic rings. The second kappa shape index (κ2) is 8.21. The summed E-state index contributed by atoms with van der Waals surface area (Å²) in [5.74, 6) is 1.76. The highest BCUT2D eigenvalue weighted by Crippen LogP contribution is 2.20. The summed E-state index contributed by atoms with van der Waals surface area (Å²) in [4.78, 5) is 0. The van der Waals surface area contributed by atoms with Crippen LogP contribution in [-0.2, 0) is 6.42 Å². The quantitative estimate of drug-likeness (QED) is 0.766. The van der Waals surface area contributed by atoms with Crippen LogP contribution in [0.2, 0.25) is 0 Å². The number of benzene rings is 1. The molecule has 1 rings (SSSR count). The number of nitrogens with one attached hydrogen (secondary N) is 1. The topological polar surface area (TPSA) is 21.3 Å². The van der Waals surface area contributed by atoms with Crippen molar-refractivity contribution in [3.05, 3.63) is 29.3 Å². The Labute approximate surface area is 118 Å². The summed E-state index contributed by atoms with van der Waals surface area (Å²) < 4.78 is 5.29. The number of aryl methyl sites for hydroxylation is 2. The Bertz CT molecular complexity index is 374. The third-order valence-corrected chi connectivity index (χ3v) is 3.57. The largest absolute Gasteiger partial charge is 0.496 e. The molecule has 108 valence electrons. The molecule has 0 aliphatic carbocycles. The molecule has 1 atom stereocenters. The minimum absolute atomic E-state index is 0.594. The van der Waals surface area contributed by atoms with Gasteiger partial charge in [-0.2, -0.15) is 0 Å². The molecule has 1 N–H and O–H groups in total. The molecule has 0 saturated carbocycles. The first-order valence-corrected chi connectivity index (χ1v) is 7.39. The molecule has 0 aliphatic rings. The molecule has 1 aromatic carbocycles. The van der Waals surface area contributed by atoms with Gasteiger partial charge in [0.15, 0.2) is 0 Å². The lowest BCUT2D eigenvalue weighted by Crippen LogP contribution is -2.24. The fourth-order valence-corrected chi connectivity index (χ4v) is 2.27. The maximum Gasteiger partial charge on any atom is 0.121 e. The van der Waals surface area contributed by atoms with E-state index in [9.17, 15) is 0 Å². The van der Waals surface area contributed by atoms with Crippen LogP contribution in [-0.4, -0.2) is 19.7 Å². The van der Waals surface area contributed by atoms with E-state index in [0.717, 1.165) is 24.6 Å². The average Bonchev–Trinajstić information content (AvgIpc) is 2.36. The molecule has 0 aromatic heterocycles. The lowest BCUT2D eigenvalue weighted by molar-refractivity contribution is 0.411. The van der Waals surface area contributed by atoms with E-state index in [1.54, 1.807) is 7.11 Å². The van der Waals surface area contributed by atoms with E-state index in [0.29, 0.717) is 6.04 Å². The molecule has 2 heteroatoms. The highest BCUT2D eigenvalue weighted by atomic mass is 16.5. The molecule has 0 spiro atoms. The molecule has 0 fully saturated rings. The fraction of sp³-hybridized carbons (Fsp3) is 0.647. The maximum atomic E-state index is 5.29. The Morgan fingerprint density at radius 2 is 1.89 bits per heavy atom. The highest BCUT2D eigenvalue weighted by Gasteiger charge is 2.05. The van der Waals surface area contributed by atoms with Crippen molar-refractivity contribution < 1.29 is 4.74 Å². The van der Waals surface area contributed by atoms with Gasteiger partial charge in [-0.15, -0.1) is 0 Å². The zero-order valence-electron chi connectivity index (χ0n) is 13.1. The minimum Gasteiger partial charge on any atom is -0.496 e. The summed E-state index contributed by atoms with van der Waals surface area (Å²) in [6.45, 7) is 9.98. The van der Waals surface area contributed by atoms with Crippen LogP contribution in [0.1, 0.15) is 44.7 Å². The van der Waals surface area contributed by atoms with Crippen LogP contribution in [0.3, 0.4) is 0 Å². The van der Waals surface area contributed by atoms with Crippen molar-refractivity contribution in [1.82, 2.24) is 5.32 Å². The molecule has 0 amide bonds. The molecule has 1 unspecified atom stereocenters. The summed E-state index contributed by atoms with van der Waals surface area (Å²) in [7, 11) is 1.73. The van der Waals surface area contributed by atoms with Crippen molar-refractivity contribution in [3.8, 4) is 5.75 Å². The third-order valence-electron chi connectivity index (χ3n) is 3.57. The molecule has 0 bridgehead atoms. The SMILES string of the molecule is COc1ccc(CCC(C)CCNC(C)C)cc1C. The van der Waals surface area contributed by atoms with E-state index in [-0.39, 0.29) is 0 Å². The Kier molecular flexibility index (Phi) is 6.93. The van der Waals surface area contributed by atoms with Crippen molar-refractivity contribution in [2.24, 2.45) is 5.92 Å². The zero-order chi connectivity index (χ0) is 14.3. The van der Waals surface area contributed by atoms with Gasteiger partial charge in [0.25, 0.3) is 0 Å². The fourth-order valence-electron chi connectivity index (χ4n) is 2.27.